The van der Waals surface area contributed by atoms with Crippen LogP contribution in [0.2, 0.25) is 0 Å². The van der Waals surface area contributed by atoms with Crippen molar-refractivity contribution < 1.29 is 0 Å². The maximum Gasteiger partial charge on any atom is 0.0319 e. The smallest absolute Gasteiger partial charge is 0.0319 e. The van der Waals surface area contributed by atoms with E-state index in [1.54, 1.807) is 0 Å². The van der Waals surface area contributed by atoms with Crippen LogP contribution in [-0.2, 0) is 0 Å². The Labute approximate surface area is 81.5 Å². The molecule has 1 heterocycles. The average Bonchev–Trinajstić information content (AvgIpc) is 1.95. The van der Waals surface area contributed by atoms with Crippen molar-refractivity contribution in [3.63, 3.8) is 0 Å². The minimum atomic E-state index is 0.576. The van der Waals surface area contributed by atoms with Crippen LogP contribution in [0.25, 0.3) is 0 Å². The molecule has 0 spiro atoms. The number of hydrogen-bond acceptors (Lipinski definition) is 2. The highest BCUT2D eigenvalue weighted by Crippen LogP contribution is 2.35. The zero-order valence-electron chi connectivity index (χ0n) is 8.90. The Balaban J connectivity index is 1.78. The molecule has 2 nitrogen and oxygen atoms in total. The largest absolute Gasteiger partial charge is 0.314 e. The van der Waals surface area contributed by atoms with Crippen LogP contribution in [0, 0.1) is 5.41 Å². The molecule has 0 bridgehead atoms. The van der Waals surface area contributed by atoms with Gasteiger partial charge in [-0.25, -0.2) is 0 Å². The van der Waals surface area contributed by atoms with Gasteiger partial charge in [0.1, 0.15) is 0 Å². The minimum Gasteiger partial charge on any atom is -0.314 e. The molecule has 1 saturated carbocycles. The van der Waals surface area contributed by atoms with Gasteiger partial charge in [0, 0.05) is 25.2 Å². The van der Waals surface area contributed by atoms with E-state index < -0.39 is 0 Å². The summed E-state index contributed by atoms with van der Waals surface area (Å²) in [7, 11) is 0. The van der Waals surface area contributed by atoms with Gasteiger partial charge in [-0.1, -0.05) is 20.3 Å². The van der Waals surface area contributed by atoms with Gasteiger partial charge in [0.15, 0.2) is 0 Å². The van der Waals surface area contributed by atoms with Crippen molar-refractivity contribution in [2.24, 2.45) is 5.41 Å². The van der Waals surface area contributed by atoms with Crippen LogP contribution in [0.15, 0.2) is 0 Å². The van der Waals surface area contributed by atoms with Crippen molar-refractivity contribution in [3.8, 4) is 0 Å². The first-order chi connectivity index (χ1) is 6.16. The van der Waals surface area contributed by atoms with Crippen LogP contribution in [0.4, 0.5) is 0 Å². The van der Waals surface area contributed by atoms with E-state index in [1.807, 2.05) is 0 Å². The van der Waals surface area contributed by atoms with E-state index in [1.165, 1.54) is 38.8 Å². The van der Waals surface area contributed by atoms with Crippen molar-refractivity contribution in [2.75, 3.05) is 13.1 Å². The van der Waals surface area contributed by atoms with Gasteiger partial charge < -0.3 is 10.6 Å². The van der Waals surface area contributed by atoms with E-state index >= 15 is 0 Å². The number of hydrogen-bond donors (Lipinski definition) is 2. The van der Waals surface area contributed by atoms with E-state index in [0.717, 1.165) is 12.1 Å². The Morgan fingerprint density at radius 1 is 1.23 bits per heavy atom. The second kappa shape index (κ2) is 3.58. The van der Waals surface area contributed by atoms with Gasteiger partial charge in [0.2, 0.25) is 0 Å². The van der Waals surface area contributed by atoms with Crippen molar-refractivity contribution in [3.05, 3.63) is 0 Å². The molecule has 13 heavy (non-hydrogen) atoms. The average molecular weight is 182 g/mol. The molecule has 76 valence electrons. The fourth-order valence-corrected chi connectivity index (χ4v) is 2.58. The van der Waals surface area contributed by atoms with Crippen molar-refractivity contribution in [1.29, 1.82) is 0 Å². The molecular formula is C11H22N2. The summed E-state index contributed by atoms with van der Waals surface area (Å²) in [5.74, 6) is 0. The molecule has 0 aromatic heterocycles. The Bertz CT molecular complexity index is 173. The molecule has 2 heteroatoms. The SMILES string of the molecule is CC1(C)CCCC(NC2CNC2)C1. The molecule has 1 unspecified atom stereocenters. The Kier molecular flexibility index (Phi) is 2.61. The highest BCUT2D eigenvalue weighted by molar-refractivity contribution is 4.89. The van der Waals surface area contributed by atoms with Crippen LogP contribution in [-0.4, -0.2) is 25.2 Å². The molecule has 2 N–H and O–H groups in total. The van der Waals surface area contributed by atoms with Crippen LogP contribution >= 0.6 is 0 Å². The van der Waals surface area contributed by atoms with Gasteiger partial charge in [-0.05, 0) is 24.7 Å². The summed E-state index contributed by atoms with van der Waals surface area (Å²) in [5, 5.41) is 7.06. The molecule has 1 saturated heterocycles. The van der Waals surface area contributed by atoms with Gasteiger partial charge >= 0.3 is 0 Å². The topological polar surface area (TPSA) is 24.1 Å². The molecule has 2 fully saturated rings. The monoisotopic (exact) mass is 182 g/mol. The van der Waals surface area contributed by atoms with Gasteiger partial charge in [0.25, 0.3) is 0 Å². The van der Waals surface area contributed by atoms with E-state index in [-0.39, 0.29) is 0 Å². The van der Waals surface area contributed by atoms with E-state index in [0.29, 0.717) is 5.41 Å². The summed E-state index contributed by atoms with van der Waals surface area (Å²) in [4.78, 5) is 0. The molecule has 0 amide bonds. The molecular weight excluding hydrogens is 160 g/mol. The zero-order valence-corrected chi connectivity index (χ0v) is 8.90. The summed E-state index contributed by atoms with van der Waals surface area (Å²) in [6.07, 6.45) is 5.57. The summed E-state index contributed by atoms with van der Waals surface area (Å²) in [6.45, 7) is 7.16. The molecule has 0 aromatic carbocycles. The molecule has 0 radical (unpaired) electrons. The van der Waals surface area contributed by atoms with Gasteiger partial charge in [0.05, 0.1) is 0 Å². The van der Waals surface area contributed by atoms with Crippen LogP contribution in [0.3, 0.4) is 0 Å². The third-order valence-electron chi connectivity index (χ3n) is 3.46. The maximum atomic E-state index is 3.75. The molecule has 1 atom stereocenters. The highest BCUT2D eigenvalue weighted by atomic mass is 15.1. The quantitative estimate of drug-likeness (QED) is 0.676. The zero-order chi connectivity index (χ0) is 9.31. The lowest BCUT2D eigenvalue weighted by atomic mass is 9.75. The molecule has 0 aromatic rings. The molecule has 2 rings (SSSR count). The standard InChI is InChI=1S/C11H22N2/c1-11(2)5-3-4-9(6-11)13-10-7-12-8-10/h9-10,12-13H,3-8H2,1-2H3. The van der Waals surface area contributed by atoms with Crippen molar-refractivity contribution in [2.45, 2.75) is 51.6 Å². The fourth-order valence-electron chi connectivity index (χ4n) is 2.58. The lowest BCUT2D eigenvalue weighted by Crippen LogP contribution is -2.58. The first kappa shape index (κ1) is 9.47. The van der Waals surface area contributed by atoms with Crippen LogP contribution in [0.1, 0.15) is 39.5 Å². The Hall–Kier alpha value is -0.0800. The molecule has 1 aliphatic carbocycles. The van der Waals surface area contributed by atoms with E-state index in [2.05, 4.69) is 24.5 Å². The Morgan fingerprint density at radius 3 is 2.54 bits per heavy atom. The number of nitrogens with one attached hydrogen (secondary N) is 2. The van der Waals surface area contributed by atoms with Gasteiger partial charge in [-0.2, -0.15) is 0 Å². The predicted molar refractivity (Wildman–Crippen MR) is 55.8 cm³/mol. The lowest BCUT2D eigenvalue weighted by Gasteiger charge is -2.39. The summed E-state index contributed by atoms with van der Waals surface area (Å²) in [6, 6.07) is 1.55. The van der Waals surface area contributed by atoms with E-state index in [4.69, 9.17) is 0 Å². The summed E-state index contributed by atoms with van der Waals surface area (Å²) >= 11 is 0. The lowest BCUT2D eigenvalue weighted by molar-refractivity contribution is 0.178. The third-order valence-corrected chi connectivity index (χ3v) is 3.46. The summed E-state index contributed by atoms with van der Waals surface area (Å²) < 4.78 is 0. The van der Waals surface area contributed by atoms with Crippen LogP contribution < -0.4 is 10.6 Å². The van der Waals surface area contributed by atoms with Gasteiger partial charge in [-0.15, -0.1) is 0 Å². The predicted octanol–water partition coefficient (Wildman–Crippen LogP) is 1.52. The first-order valence-corrected chi connectivity index (χ1v) is 5.62. The molecule has 2 aliphatic rings. The number of rotatable bonds is 2. The molecule has 1 aliphatic heterocycles. The fraction of sp³-hybridized carbons (Fsp3) is 1.00. The van der Waals surface area contributed by atoms with Crippen LogP contribution in [0.5, 0.6) is 0 Å². The summed E-state index contributed by atoms with van der Waals surface area (Å²) in [5.41, 5.74) is 0.576. The second-order valence-electron chi connectivity index (χ2n) is 5.48. The minimum absolute atomic E-state index is 0.576. The van der Waals surface area contributed by atoms with Crippen molar-refractivity contribution >= 4 is 0 Å². The highest BCUT2D eigenvalue weighted by Gasteiger charge is 2.30. The van der Waals surface area contributed by atoms with Gasteiger partial charge in [-0.3, -0.25) is 0 Å². The van der Waals surface area contributed by atoms with Crippen molar-refractivity contribution in [1.82, 2.24) is 10.6 Å². The van der Waals surface area contributed by atoms with E-state index in [9.17, 15) is 0 Å². The first-order valence-electron chi connectivity index (χ1n) is 5.62. The normalized spacial score (nSPS) is 34.2. The Morgan fingerprint density at radius 2 is 2.00 bits per heavy atom. The second-order valence-corrected chi connectivity index (χ2v) is 5.48. The maximum absolute atomic E-state index is 3.75. The third kappa shape index (κ3) is 2.44.